The van der Waals surface area contributed by atoms with Crippen molar-refractivity contribution in [3.8, 4) is 5.75 Å². The largest absolute Gasteiger partial charge is 0.491 e. The molecule has 0 aliphatic carbocycles. The molecule has 2 amide bonds. The summed E-state index contributed by atoms with van der Waals surface area (Å²) >= 11 is 0. The van der Waals surface area contributed by atoms with Gasteiger partial charge in [-0.2, -0.15) is 0 Å². The minimum absolute atomic E-state index is 0.0325. The zero-order valence-corrected chi connectivity index (χ0v) is 14.1. The molecule has 0 spiro atoms. The van der Waals surface area contributed by atoms with Crippen LogP contribution in [-0.4, -0.2) is 35.4 Å². The zero-order valence-electron chi connectivity index (χ0n) is 14.1. The van der Waals surface area contributed by atoms with Crippen LogP contribution in [0.25, 0.3) is 0 Å². The van der Waals surface area contributed by atoms with E-state index in [1.165, 1.54) is 0 Å². The molecule has 1 aliphatic heterocycles. The topological polar surface area (TPSA) is 72.6 Å². The molecule has 0 radical (unpaired) electrons. The molecule has 1 aromatic rings. The smallest absolute Gasteiger partial charge is 0.227 e. The van der Waals surface area contributed by atoms with Gasteiger partial charge in [0.25, 0.3) is 0 Å². The Morgan fingerprint density at radius 2 is 2.09 bits per heavy atom. The van der Waals surface area contributed by atoms with Crippen LogP contribution < -0.4 is 10.5 Å². The average molecular weight is 318 g/mol. The van der Waals surface area contributed by atoms with E-state index in [-0.39, 0.29) is 29.9 Å². The highest BCUT2D eigenvalue weighted by molar-refractivity contribution is 5.81. The Labute approximate surface area is 137 Å². The highest BCUT2D eigenvalue weighted by Crippen LogP contribution is 2.23. The van der Waals surface area contributed by atoms with E-state index in [0.29, 0.717) is 13.0 Å². The Hall–Kier alpha value is -2.04. The molecule has 0 bridgehead atoms. The van der Waals surface area contributed by atoms with Crippen LogP contribution in [0.1, 0.15) is 39.2 Å². The molecule has 0 saturated carbocycles. The standard InChI is InChI=1S/C18H26N2O3/c1-12(2)23-16-6-4-5-14(9-16)10-17(21)20-11-15(18(19)22)8-7-13(20)3/h4-6,9,12-13,15H,7-8,10-11H2,1-3H3,(H2,19,22)/t13-,15+/m1/s1. The van der Waals surface area contributed by atoms with Crippen LogP contribution in [0.15, 0.2) is 24.3 Å². The van der Waals surface area contributed by atoms with Gasteiger partial charge >= 0.3 is 0 Å². The molecule has 0 aromatic heterocycles. The molecule has 1 heterocycles. The number of primary amides is 1. The molecule has 5 nitrogen and oxygen atoms in total. The minimum atomic E-state index is -0.318. The van der Waals surface area contributed by atoms with Crippen molar-refractivity contribution >= 4 is 11.8 Å². The van der Waals surface area contributed by atoms with E-state index >= 15 is 0 Å². The predicted molar refractivity (Wildman–Crippen MR) is 89.0 cm³/mol. The number of hydrogen-bond acceptors (Lipinski definition) is 3. The number of piperidine rings is 1. The molecule has 2 N–H and O–H groups in total. The molecule has 23 heavy (non-hydrogen) atoms. The molecule has 126 valence electrons. The van der Waals surface area contributed by atoms with Gasteiger partial charge in [0.15, 0.2) is 0 Å². The van der Waals surface area contributed by atoms with Crippen molar-refractivity contribution in [1.82, 2.24) is 4.90 Å². The van der Waals surface area contributed by atoms with Gasteiger partial charge in [-0.1, -0.05) is 12.1 Å². The molecule has 0 unspecified atom stereocenters. The number of carbonyl (C=O) groups excluding carboxylic acids is 2. The van der Waals surface area contributed by atoms with Crippen molar-refractivity contribution in [3.63, 3.8) is 0 Å². The highest BCUT2D eigenvalue weighted by atomic mass is 16.5. The number of amides is 2. The van der Waals surface area contributed by atoms with Gasteiger partial charge in [0.2, 0.25) is 11.8 Å². The Morgan fingerprint density at radius 1 is 1.35 bits per heavy atom. The van der Waals surface area contributed by atoms with Crippen LogP contribution in [0.5, 0.6) is 5.75 Å². The number of ether oxygens (including phenoxy) is 1. The first kappa shape index (κ1) is 17.3. The lowest BCUT2D eigenvalue weighted by molar-refractivity contribution is -0.136. The summed E-state index contributed by atoms with van der Waals surface area (Å²) in [5.41, 5.74) is 6.32. The van der Waals surface area contributed by atoms with Crippen molar-refractivity contribution in [3.05, 3.63) is 29.8 Å². The van der Waals surface area contributed by atoms with Crippen LogP contribution in [0.2, 0.25) is 0 Å². The quantitative estimate of drug-likeness (QED) is 0.904. The van der Waals surface area contributed by atoms with Gasteiger partial charge in [0.05, 0.1) is 18.4 Å². The molecule has 1 saturated heterocycles. The van der Waals surface area contributed by atoms with E-state index in [9.17, 15) is 9.59 Å². The first-order valence-electron chi connectivity index (χ1n) is 8.21. The molecular formula is C18H26N2O3. The lowest BCUT2D eigenvalue weighted by Crippen LogP contribution is -2.49. The fourth-order valence-corrected chi connectivity index (χ4v) is 2.96. The molecule has 1 fully saturated rings. The third kappa shape index (κ3) is 4.71. The Kier molecular flexibility index (Phi) is 5.64. The van der Waals surface area contributed by atoms with Gasteiger partial charge in [-0.15, -0.1) is 0 Å². The monoisotopic (exact) mass is 318 g/mol. The summed E-state index contributed by atoms with van der Waals surface area (Å²) in [4.78, 5) is 25.8. The van der Waals surface area contributed by atoms with Crippen molar-refractivity contribution in [2.75, 3.05) is 6.54 Å². The van der Waals surface area contributed by atoms with Crippen LogP contribution in [0.4, 0.5) is 0 Å². The number of rotatable bonds is 5. The maximum absolute atomic E-state index is 12.6. The Bertz CT molecular complexity index is 571. The van der Waals surface area contributed by atoms with Crippen LogP contribution in [0.3, 0.4) is 0 Å². The molecule has 2 atom stereocenters. The summed E-state index contributed by atoms with van der Waals surface area (Å²) in [7, 11) is 0. The summed E-state index contributed by atoms with van der Waals surface area (Å²) < 4.78 is 5.67. The van der Waals surface area contributed by atoms with E-state index in [1.54, 1.807) is 4.90 Å². The fraction of sp³-hybridized carbons (Fsp3) is 0.556. The minimum Gasteiger partial charge on any atom is -0.491 e. The van der Waals surface area contributed by atoms with Gasteiger partial charge in [0.1, 0.15) is 5.75 Å². The molecule has 1 aromatic carbocycles. The predicted octanol–water partition coefficient (Wildman–Crippen LogP) is 2.13. The maximum Gasteiger partial charge on any atom is 0.227 e. The number of benzene rings is 1. The van der Waals surface area contributed by atoms with E-state index in [2.05, 4.69) is 0 Å². The summed E-state index contributed by atoms with van der Waals surface area (Å²) in [6.07, 6.45) is 1.98. The van der Waals surface area contributed by atoms with Gasteiger partial charge < -0.3 is 15.4 Å². The van der Waals surface area contributed by atoms with Gasteiger partial charge in [-0.25, -0.2) is 0 Å². The first-order valence-corrected chi connectivity index (χ1v) is 8.21. The van der Waals surface area contributed by atoms with Crippen LogP contribution in [-0.2, 0) is 16.0 Å². The molecule has 5 heteroatoms. The number of hydrogen-bond donors (Lipinski definition) is 1. The summed E-state index contributed by atoms with van der Waals surface area (Å²) in [6.45, 7) is 6.39. The Balaban J connectivity index is 2.04. The average Bonchev–Trinajstić information content (AvgIpc) is 2.46. The third-order valence-electron chi connectivity index (χ3n) is 4.23. The molecular weight excluding hydrogens is 292 g/mol. The fourth-order valence-electron chi connectivity index (χ4n) is 2.96. The lowest BCUT2D eigenvalue weighted by Gasteiger charge is -2.37. The van der Waals surface area contributed by atoms with E-state index in [1.807, 2.05) is 45.0 Å². The van der Waals surface area contributed by atoms with E-state index in [4.69, 9.17) is 10.5 Å². The zero-order chi connectivity index (χ0) is 17.0. The second-order valence-electron chi connectivity index (χ2n) is 6.56. The number of nitrogens with zero attached hydrogens (tertiary/aromatic N) is 1. The van der Waals surface area contributed by atoms with Crippen molar-refractivity contribution in [2.24, 2.45) is 11.7 Å². The van der Waals surface area contributed by atoms with E-state index < -0.39 is 0 Å². The summed E-state index contributed by atoms with van der Waals surface area (Å²) in [5.74, 6) is 0.255. The SMILES string of the molecule is CC(C)Oc1cccc(CC(=O)N2C[C@@H](C(N)=O)CC[C@H]2C)c1. The summed E-state index contributed by atoms with van der Waals surface area (Å²) in [6, 6.07) is 7.75. The van der Waals surface area contributed by atoms with Crippen LogP contribution in [0, 0.1) is 5.92 Å². The van der Waals surface area contributed by atoms with Crippen molar-refractivity contribution < 1.29 is 14.3 Å². The highest BCUT2D eigenvalue weighted by Gasteiger charge is 2.31. The number of nitrogens with two attached hydrogens (primary N) is 1. The van der Waals surface area contributed by atoms with E-state index in [0.717, 1.165) is 24.2 Å². The number of carbonyl (C=O) groups is 2. The van der Waals surface area contributed by atoms with Crippen molar-refractivity contribution in [2.45, 2.75) is 52.2 Å². The molecule has 2 rings (SSSR count). The normalized spacial score (nSPS) is 21.3. The van der Waals surface area contributed by atoms with Gasteiger partial charge in [0, 0.05) is 12.6 Å². The third-order valence-corrected chi connectivity index (χ3v) is 4.23. The second kappa shape index (κ2) is 7.49. The molecule has 1 aliphatic rings. The second-order valence-corrected chi connectivity index (χ2v) is 6.56. The van der Waals surface area contributed by atoms with Crippen molar-refractivity contribution in [1.29, 1.82) is 0 Å². The number of likely N-dealkylation sites (tertiary alicyclic amines) is 1. The Morgan fingerprint density at radius 3 is 2.74 bits per heavy atom. The summed E-state index contributed by atoms with van der Waals surface area (Å²) in [5, 5.41) is 0. The maximum atomic E-state index is 12.6. The van der Waals surface area contributed by atoms with Gasteiger partial charge in [-0.05, 0) is 51.3 Å². The van der Waals surface area contributed by atoms with Crippen LogP contribution >= 0.6 is 0 Å². The lowest BCUT2D eigenvalue weighted by atomic mass is 9.92. The van der Waals surface area contributed by atoms with Gasteiger partial charge in [-0.3, -0.25) is 9.59 Å². The first-order chi connectivity index (χ1) is 10.9.